The van der Waals surface area contributed by atoms with Gasteiger partial charge in [0.25, 0.3) is 0 Å². The summed E-state index contributed by atoms with van der Waals surface area (Å²) >= 11 is 3.59. The van der Waals surface area contributed by atoms with Gasteiger partial charge in [-0.1, -0.05) is 60.1 Å². The van der Waals surface area contributed by atoms with Crippen molar-refractivity contribution in [3.63, 3.8) is 0 Å². The second-order valence-corrected chi connectivity index (χ2v) is 6.32. The second kappa shape index (κ2) is 7.24. The molecule has 0 aliphatic carbocycles. The van der Waals surface area contributed by atoms with Gasteiger partial charge in [-0.15, -0.1) is 0 Å². The van der Waals surface area contributed by atoms with E-state index in [0.717, 1.165) is 12.8 Å². The Bertz CT molecular complexity index is 619. The highest BCUT2D eigenvalue weighted by molar-refractivity contribution is 9.10. The zero-order chi connectivity index (χ0) is 15.4. The van der Waals surface area contributed by atoms with Crippen molar-refractivity contribution in [2.24, 2.45) is 0 Å². The van der Waals surface area contributed by atoms with Crippen molar-refractivity contribution >= 4 is 15.9 Å². The van der Waals surface area contributed by atoms with E-state index in [1.807, 2.05) is 7.05 Å². The largest absolute Gasteiger partial charge is 0.309 e. The first-order chi connectivity index (χ1) is 10.1. The second-order valence-electron chi connectivity index (χ2n) is 5.47. The van der Waals surface area contributed by atoms with E-state index in [2.05, 4.69) is 78.4 Å². The molecule has 1 unspecified atom stereocenters. The normalized spacial score (nSPS) is 12.4. The summed E-state index contributed by atoms with van der Waals surface area (Å²) in [5.74, 6) is 0. The SMILES string of the molecule is CCc1ccc(CC)c(C(NC)c2ccc(Br)c(C)c2)c1. The zero-order valence-electron chi connectivity index (χ0n) is 13.3. The van der Waals surface area contributed by atoms with Gasteiger partial charge in [0.1, 0.15) is 0 Å². The van der Waals surface area contributed by atoms with E-state index in [9.17, 15) is 0 Å². The molecule has 112 valence electrons. The zero-order valence-corrected chi connectivity index (χ0v) is 14.9. The van der Waals surface area contributed by atoms with Crippen molar-refractivity contribution in [1.29, 1.82) is 0 Å². The molecule has 2 aromatic rings. The number of aryl methyl sites for hydroxylation is 3. The van der Waals surface area contributed by atoms with Gasteiger partial charge in [0.2, 0.25) is 0 Å². The minimum Gasteiger partial charge on any atom is -0.309 e. The number of hydrogen-bond acceptors (Lipinski definition) is 1. The van der Waals surface area contributed by atoms with E-state index in [-0.39, 0.29) is 6.04 Å². The van der Waals surface area contributed by atoms with Crippen molar-refractivity contribution in [2.75, 3.05) is 7.05 Å². The van der Waals surface area contributed by atoms with E-state index in [1.54, 1.807) is 0 Å². The van der Waals surface area contributed by atoms with Crippen molar-refractivity contribution < 1.29 is 0 Å². The molecular formula is C19H24BrN. The van der Waals surface area contributed by atoms with Crippen molar-refractivity contribution in [1.82, 2.24) is 5.32 Å². The van der Waals surface area contributed by atoms with Crippen molar-refractivity contribution in [2.45, 2.75) is 39.7 Å². The third kappa shape index (κ3) is 3.56. The number of halogens is 1. The van der Waals surface area contributed by atoms with Crippen LogP contribution in [0.3, 0.4) is 0 Å². The molecular weight excluding hydrogens is 322 g/mol. The average molecular weight is 346 g/mol. The molecule has 0 amide bonds. The van der Waals surface area contributed by atoms with Crippen molar-refractivity contribution in [3.8, 4) is 0 Å². The van der Waals surface area contributed by atoms with E-state index >= 15 is 0 Å². The van der Waals surface area contributed by atoms with E-state index in [1.165, 1.54) is 32.3 Å². The summed E-state index contributed by atoms with van der Waals surface area (Å²) in [6, 6.07) is 13.8. The monoisotopic (exact) mass is 345 g/mol. The smallest absolute Gasteiger partial charge is 0.0577 e. The lowest BCUT2D eigenvalue weighted by Crippen LogP contribution is -2.19. The van der Waals surface area contributed by atoms with Crippen LogP contribution in [0.2, 0.25) is 0 Å². The summed E-state index contributed by atoms with van der Waals surface area (Å²) in [6.45, 7) is 6.58. The van der Waals surface area contributed by atoms with Crippen LogP contribution in [0.25, 0.3) is 0 Å². The maximum absolute atomic E-state index is 3.59. The fourth-order valence-corrected chi connectivity index (χ4v) is 3.05. The first kappa shape index (κ1) is 16.3. The van der Waals surface area contributed by atoms with E-state index in [4.69, 9.17) is 0 Å². The Hall–Kier alpha value is -1.12. The van der Waals surface area contributed by atoms with Gasteiger partial charge in [-0.05, 0) is 60.7 Å². The quantitative estimate of drug-likeness (QED) is 0.785. The standard InChI is InChI=1S/C19H24BrN/c1-5-14-7-8-15(6-2)17(12-14)19(21-4)16-9-10-18(20)13(3)11-16/h7-12,19,21H,5-6H2,1-4H3. The summed E-state index contributed by atoms with van der Waals surface area (Å²) in [4.78, 5) is 0. The molecule has 0 bridgehead atoms. The van der Waals surface area contributed by atoms with Crippen LogP contribution in [-0.2, 0) is 12.8 Å². The highest BCUT2D eigenvalue weighted by Gasteiger charge is 2.16. The summed E-state index contributed by atoms with van der Waals surface area (Å²) < 4.78 is 1.17. The molecule has 0 fully saturated rings. The lowest BCUT2D eigenvalue weighted by Gasteiger charge is -2.22. The van der Waals surface area contributed by atoms with E-state index < -0.39 is 0 Å². The Morgan fingerprint density at radius 2 is 1.81 bits per heavy atom. The summed E-state index contributed by atoms with van der Waals surface area (Å²) in [5.41, 5.74) is 6.82. The lowest BCUT2D eigenvalue weighted by atomic mass is 9.91. The number of nitrogens with one attached hydrogen (secondary N) is 1. The Kier molecular flexibility index (Phi) is 5.60. The highest BCUT2D eigenvalue weighted by Crippen LogP contribution is 2.29. The molecule has 0 saturated heterocycles. The van der Waals surface area contributed by atoms with Gasteiger partial charge in [0.15, 0.2) is 0 Å². The van der Waals surface area contributed by atoms with Gasteiger partial charge in [0.05, 0.1) is 6.04 Å². The van der Waals surface area contributed by atoms with Crippen LogP contribution in [0.5, 0.6) is 0 Å². The molecule has 0 heterocycles. The molecule has 0 spiro atoms. The lowest BCUT2D eigenvalue weighted by molar-refractivity contribution is 0.682. The number of benzene rings is 2. The predicted molar refractivity (Wildman–Crippen MR) is 95.0 cm³/mol. The molecule has 0 aliphatic heterocycles. The topological polar surface area (TPSA) is 12.0 Å². The number of hydrogen-bond donors (Lipinski definition) is 1. The highest BCUT2D eigenvalue weighted by atomic mass is 79.9. The molecule has 2 aromatic carbocycles. The third-order valence-corrected chi connectivity index (χ3v) is 5.00. The third-order valence-electron chi connectivity index (χ3n) is 4.11. The summed E-state index contributed by atoms with van der Waals surface area (Å²) in [5, 5.41) is 3.49. The first-order valence-electron chi connectivity index (χ1n) is 7.65. The van der Waals surface area contributed by atoms with Crippen LogP contribution < -0.4 is 5.32 Å². The maximum Gasteiger partial charge on any atom is 0.0577 e. The number of rotatable bonds is 5. The van der Waals surface area contributed by atoms with Crippen LogP contribution in [0.15, 0.2) is 40.9 Å². The van der Waals surface area contributed by atoms with Gasteiger partial charge >= 0.3 is 0 Å². The van der Waals surface area contributed by atoms with Crippen LogP contribution in [0.4, 0.5) is 0 Å². The molecule has 1 N–H and O–H groups in total. The minimum absolute atomic E-state index is 0.248. The molecule has 2 heteroatoms. The van der Waals surface area contributed by atoms with Gasteiger partial charge in [-0.3, -0.25) is 0 Å². The fourth-order valence-electron chi connectivity index (χ4n) is 2.80. The molecule has 0 radical (unpaired) electrons. The Morgan fingerprint density at radius 3 is 2.38 bits per heavy atom. The van der Waals surface area contributed by atoms with Gasteiger partial charge < -0.3 is 5.32 Å². The predicted octanol–water partition coefficient (Wildman–Crippen LogP) is 5.19. The fraction of sp³-hybridized carbons (Fsp3) is 0.368. The Labute approximate surface area is 136 Å². The average Bonchev–Trinajstić information content (AvgIpc) is 2.51. The molecule has 0 aromatic heterocycles. The molecule has 0 aliphatic rings. The van der Waals surface area contributed by atoms with Crippen LogP contribution in [0.1, 0.15) is 47.7 Å². The molecule has 2 rings (SSSR count). The first-order valence-corrected chi connectivity index (χ1v) is 8.45. The maximum atomic E-state index is 3.59. The molecule has 1 nitrogen and oxygen atoms in total. The van der Waals surface area contributed by atoms with Gasteiger partial charge in [-0.25, -0.2) is 0 Å². The Morgan fingerprint density at radius 1 is 1.05 bits per heavy atom. The van der Waals surface area contributed by atoms with Gasteiger partial charge in [-0.2, -0.15) is 0 Å². The minimum atomic E-state index is 0.248. The van der Waals surface area contributed by atoms with Gasteiger partial charge in [0, 0.05) is 4.47 Å². The van der Waals surface area contributed by atoms with Crippen molar-refractivity contribution in [3.05, 3.63) is 68.7 Å². The summed E-state index contributed by atoms with van der Waals surface area (Å²) in [7, 11) is 2.04. The Balaban J connectivity index is 2.51. The molecule has 0 saturated carbocycles. The van der Waals surface area contributed by atoms with E-state index in [0.29, 0.717) is 0 Å². The van der Waals surface area contributed by atoms with Crippen LogP contribution >= 0.6 is 15.9 Å². The molecule has 21 heavy (non-hydrogen) atoms. The van der Waals surface area contributed by atoms with Crippen LogP contribution in [-0.4, -0.2) is 7.05 Å². The molecule has 1 atom stereocenters. The van der Waals surface area contributed by atoms with Crippen LogP contribution in [0, 0.1) is 6.92 Å². The summed E-state index contributed by atoms with van der Waals surface area (Å²) in [6.07, 6.45) is 2.14.